The molecule has 6 heteroatoms. The summed E-state index contributed by atoms with van der Waals surface area (Å²) in [6, 6.07) is 6.24. The molecule has 23 heavy (non-hydrogen) atoms. The SMILES string of the molecule is Cc1cc(CN2CCN(c3nc(C)cc(C)c3C#N)CC2)on1. The fourth-order valence-corrected chi connectivity index (χ4v) is 3.01. The van der Waals surface area contributed by atoms with Crippen LogP contribution in [-0.4, -0.2) is 41.2 Å². The molecule has 0 spiro atoms. The van der Waals surface area contributed by atoms with E-state index in [0.29, 0.717) is 5.56 Å². The molecule has 120 valence electrons. The molecule has 3 heterocycles. The third-order valence-electron chi connectivity index (χ3n) is 4.17. The van der Waals surface area contributed by atoms with Crippen molar-refractivity contribution in [1.29, 1.82) is 5.26 Å². The normalized spacial score (nSPS) is 15.7. The minimum absolute atomic E-state index is 0.690. The van der Waals surface area contributed by atoms with E-state index in [-0.39, 0.29) is 0 Å². The maximum atomic E-state index is 9.42. The number of aryl methyl sites for hydroxylation is 3. The maximum Gasteiger partial charge on any atom is 0.150 e. The average molecular weight is 311 g/mol. The summed E-state index contributed by atoms with van der Waals surface area (Å²) in [7, 11) is 0. The smallest absolute Gasteiger partial charge is 0.150 e. The summed E-state index contributed by atoms with van der Waals surface area (Å²) < 4.78 is 5.29. The van der Waals surface area contributed by atoms with Crippen LogP contribution < -0.4 is 4.90 Å². The van der Waals surface area contributed by atoms with Crippen molar-refractivity contribution in [2.75, 3.05) is 31.1 Å². The van der Waals surface area contributed by atoms with E-state index < -0.39 is 0 Å². The van der Waals surface area contributed by atoms with Gasteiger partial charge in [0.15, 0.2) is 5.76 Å². The van der Waals surface area contributed by atoms with Crippen molar-refractivity contribution in [3.8, 4) is 6.07 Å². The molecule has 0 saturated carbocycles. The molecule has 0 atom stereocenters. The van der Waals surface area contributed by atoms with E-state index in [1.807, 2.05) is 32.9 Å². The van der Waals surface area contributed by atoms with E-state index >= 15 is 0 Å². The number of hydrogen-bond acceptors (Lipinski definition) is 6. The second kappa shape index (κ2) is 6.39. The Hall–Kier alpha value is -2.39. The number of pyridine rings is 1. The number of nitriles is 1. The van der Waals surface area contributed by atoms with E-state index in [0.717, 1.165) is 61.3 Å². The largest absolute Gasteiger partial charge is 0.360 e. The number of hydrogen-bond donors (Lipinski definition) is 0. The highest BCUT2D eigenvalue weighted by atomic mass is 16.5. The molecule has 3 rings (SSSR count). The molecular weight excluding hydrogens is 290 g/mol. The predicted octanol–water partition coefficient (Wildman–Crippen LogP) is 2.19. The van der Waals surface area contributed by atoms with Gasteiger partial charge in [0.25, 0.3) is 0 Å². The lowest BCUT2D eigenvalue weighted by Crippen LogP contribution is -2.46. The van der Waals surface area contributed by atoms with Crippen LogP contribution in [0.5, 0.6) is 0 Å². The molecule has 6 nitrogen and oxygen atoms in total. The summed E-state index contributed by atoms with van der Waals surface area (Å²) in [5.74, 6) is 1.72. The zero-order valence-corrected chi connectivity index (χ0v) is 13.8. The summed E-state index contributed by atoms with van der Waals surface area (Å²) in [6.45, 7) is 10.2. The van der Waals surface area contributed by atoms with Crippen LogP contribution in [0, 0.1) is 32.1 Å². The van der Waals surface area contributed by atoms with Gasteiger partial charge in [0.05, 0.1) is 17.8 Å². The number of aromatic nitrogens is 2. The molecule has 0 amide bonds. The Balaban J connectivity index is 1.68. The number of rotatable bonds is 3. The molecule has 0 N–H and O–H groups in total. The number of anilines is 1. The molecule has 0 aliphatic carbocycles. The van der Waals surface area contributed by atoms with Crippen molar-refractivity contribution in [3.63, 3.8) is 0 Å². The maximum absolute atomic E-state index is 9.42. The molecule has 1 saturated heterocycles. The highest BCUT2D eigenvalue weighted by molar-refractivity contribution is 5.58. The van der Waals surface area contributed by atoms with Crippen molar-refractivity contribution < 1.29 is 4.52 Å². The third-order valence-corrected chi connectivity index (χ3v) is 4.17. The van der Waals surface area contributed by atoms with Gasteiger partial charge in [0.1, 0.15) is 11.9 Å². The average Bonchev–Trinajstić information content (AvgIpc) is 2.92. The second-order valence-electron chi connectivity index (χ2n) is 6.09. The first-order chi connectivity index (χ1) is 11.1. The lowest BCUT2D eigenvalue weighted by molar-refractivity contribution is 0.219. The highest BCUT2D eigenvalue weighted by Gasteiger charge is 2.22. The first-order valence-corrected chi connectivity index (χ1v) is 7.84. The first-order valence-electron chi connectivity index (χ1n) is 7.84. The third kappa shape index (κ3) is 3.35. The minimum Gasteiger partial charge on any atom is -0.360 e. The monoisotopic (exact) mass is 311 g/mol. The van der Waals surface area contributed by atoms with Gasteiger partial charge >= 0.3 is 0 Å². The molecule has 2 aromatic heterocycles. The summed E-state index contributed by atoms with van der Waals surface area (Å²) in [6.07, 6.45) is 0. The predicted molar refractivity (Wildman–Crippen MR) is 87.2 cm³/mol. The molecule has 2 aromatic rings. The van der Waals surface area contributed by atoms with E-state index in [9.17, 15) is 5.26 Å². The van der Waals surface area contributed by atoms with Crippen LogP contribution in [0.2, 0.25) is 0 Å². The van der Waals surface area contributed by atoms with Crippen molar-refractivity contribution in [3.05, 3.63) is 40.4 Å². The van der Waals surface area contributed by atoms with E-state index in [1.165, 1.54) is 0 Å². The van der Waals surface area contributed by atoms with Crippen LogP contribution >= 0.6 is 0 Å². The minimum atomic E-state index is 0.690. The Morgan fingerprint density at radius 1 is 1.13 bits per heavy atom. The van der Waals surface area contributed by atoms with Gasteiger partial charge in [-0.25, -0.2) is 4.98 Å². The van der Waals surface area contributed by atoms with Crippen molar-refractivity contribution in [2.24, 2.45) is 0 Å². The Bertz CT molecular complexity index is 738. The van der Waals surface area contributed by atoms with Crippen LogP contribution in [-0.2, 0) is 6.54 Å². The Labute approximate surface area is 136 Å². The fourth-order valence-electron chi connectivity index (χ4n) is 3.01. The van der Waals surface area contributed by atoms with Crippen molar-refractivity contribution in [2.45, 2.75) is 27.3 Å². The summed E-state index contributed by atoms with van der Waals surface area (Å²) in [4.78, 5) is 9.14. The number of nitrogens with zero attached hydrogens (tertiary/aromatic N) is 5. The van der Waals surface area contributed by atoms with Crippen LogP contribution in [0.15, 0.2) is 16.7 Å². The van der Waals surface area contributed by atoms with Gasteiger partial charge in [-0.2, -0.15) is 5.26 Å². The van der Waals surface area contributed by atoms with Gasteiger partial charge in [-0.05, 0) is 32.4 Å². The van der Waals surface area contributed by atoms with Crippen LogP contribution in [0.3, 0.4) is 0 Å². The second-order valence-corrected chi connectivity index (χ2v) is 6.09. The van der Waals surface area contributed by atoms with E-state index in [4.69, 9.17) is 4.52 Å². The molecule has 1 fully saturated rings. The lowest BCUT2D eigenvalue weighted by atomic mass is 10.1. The molecule has 0 bridgehead atoms. The molecule has 0 radical (unpaired) electrons. The molecule has 0 aromatic carbocycles. The summed E-state index contributed by atoms with van der Waals surface area (Å²) in [5, 5.41) is 13.4. The Morgan fingerprint density at radius 2 is 1.87 bits per heavy atom. The Morgan fingerprint density at radius 3 is 2.48 bits per heavy atom. The van der Waals surface area contributed by atoms with Crippen LogP contribution in [0.25, 0.3) is 0 Å². The highest BCUT2D eigenvalue weighted by Crippen LogP contribution is 2.23. The fraction of sp³-hybridized carbons (Fsp3) is 0.471. The molecular formula is C17H21N5O. The Kier molecular flexibility index (Phi) is 4.30. The van der Waals surface area contributed by atoms with Gasteiger partial charge in [0, 0.05) is 37.9 Å². The standard InChI is InChI=1S/C17H21N5O/c1-12-8-13(2)19-17(16(12)10-18)22-6-4-21(5-7-22)11-15-9-14(3)20-23-15/h8-9H,4-7,11H2,1-3H3. The molecule has 0 unspecified atom stereocenters. The van der Waals surface area contributed by atoms with Crippen LogP contribution in [0.1, 0.15) is 28.3 Å². The van der Waals surface area contributed by atoms with E-state index in [1.54, 1.807) is 0 Å². The molecule has 1 aliphatic heterocycles. The van der Waals surface area contributed by atoms with Gasteiger partial charge < -0.3 is 9.42 Å². The zero-order valence-electron chi connectivity index (χ0n) is 13.8. The van der Waals surface area contributed by atoms with Gasteiger partial charge in [0.2, 0.25) is 0 Å². The summed E-state index contributed by atoms with van der Waals surface area (Å²) in [5.41, 5.74) is 3.55. The van der Waals surface area contributed by atoms with Crippen molar-refractivity contribution >= 4 is 5.82 Å². The van der Waals surface area contributed by atoms with Crippen LogP contribution in [0.4, 0.5) is 5.82 Å². The summed E-state index contributed by atoms with van der Waals surface area (Å²) >= 11 is 0. The van der Waals surface area contributed by atoms with Gasteiger partial charge in [-0.15, -0.1) is 0 Å². The van der Waals surface area contributed by atoms with E-state index in [2.05, 4.69) is 26.0 Å². The van der Waals surface area contributed by atoms with Gasteiger partial charge in [-0.3, -0.25) is 4.90 Å². The van der Waals surface area contributed by atoms with Crippen molar-refractivity contribution in [1.82, 2.24) is 15.0 Å². The topological polar surface area (TPSA) is 69.2 Å². The van der Waals surface area contributed by atoms with Gasteiger partial charge in [-0.1, -0.05) is 5.16 Å². The molecule has 1 aliphatic rings. The first kappa shape index (κ1) is 15.5. The quantitative estimate of drug-likeness (QED) is 0.865. The zero-order chi connectivity index (χ0) is 16.4. The number of piperazine rings is 1. The lowest BCUT2D eigenvalue weighted by Gasteiger charge is -2.35.